The molecular formula is C20H22F2N2. The first-order valence-electron chi connectivity index (χ1n) is 8.59. The molecular weight excluding hydrogens is 306 g/mol. The second-order valence-corrected chi connectivity index (χ2v) is 6.97. The van der Waals surface area contributed by atoms with Gasteiger partial charge in [-0.1, -0.05) is 18.2 Å². The summed E-state index contributed by atoms with van der Waals surface area (Å²) in [5.74, 6) is -0.285. The standard InChI is InChI=1S/C20H22F2N2/c1-23-8-10-24(11-9-23)20-13-18(14-2-4-15(21)5-3-14)19-12-16(22)6-7-17(19)20/h2-7,12,18,20H,8-11,13H2,1H3/t18-,20+/m0/s1. The minimum atomic E-state index is -0.230. The Kier molecular flexibility index (Phi) is 4.10. The fraction of sp³-hybridized carbons (Fsp3) is 0.400. The molecule has 1 heterocycles. The van der Waals surface area contributed by atoms with Gasteiger partial charge in [0.15, 0.2) is 0 Å². The van der Waals surface area contributed by atoms with Crippen molar-refractivity contribution >= 4 is 0 Å². The molecule has 2 atom stereocenters. The Morgan fingerprint density at radius 1 is 0.833 bits per heavy atom. The summed E-state index contributed by atoms with van der Waals surface area (Å²) in [5.41, 5.74) is 3.36. The lowest BCUT2D eigenvalue weighted by Gasteiger charge is -2.37. The molecule has 1 aliphatic heterocycles. The lowest BCUT2D eigenvalue weighted by atomic mass is 9.93. The van der Waals surface area contributed by atoms with Crippen molar-refractivity contribution in [2.75, 3.05) is 33.2 Å². The van der Waals surface area contributed by atoms with Crippen LogP contribution in [-0.4, -0.2) is 43.0 Å². The summed E-state index contributed by atoms with van der Waals surface area (Å²) >= 11 is 0. The molecule has 0 saturated carbocycles. The molecule has 126 valence electrons. The van der Waals surface area contributed by atoms with Gasteiger partial charge in [-0.25, -0.2) is 8.78 Å². The van der Waals surface area contributed by atoms with Crippen molar-refractivity contribution < 1.29 is 8.78 Å². The van der Waals surface area contributed by atoms with Crippen molar-refractivity contribution in [2.45, 2.75) is 18.4 Å². The Morgan fingerprint density at radius 3 is 2.21 bits per heavy atom. The second-order valence-electron chi connectivity index (χ2n) is 6.97. The van der Waals surface area contributed by atoms with Crippen molar-refractivity contribution in [1.29, 1.82) is 0 Å². The number of rotatable bonds is 2. The molecule has 2 aliphatic rings. The van der Waals surface area contributed by atoms with Crippen LogP contribution in [-0.2, 0) is 0 Å². The summed E-state index contributed by atoms with van der Waals surface area (Å²) in [6, 6.07) is 12.2. The molecule has 1 fully saturated rings. The summed E-state index contributed by atoms with van der Waals surface area (Å²) < 4.78 is 27.1. The molecule has 0 amide bonds. The molecule has 0 spiro atoms. The molecule has 0 radical (unpaired) electrons. The first kappa shape index (κ1) is 15.7. The maximum atomic E-state index is 13.9. The third-order valence-corrected chi connectivity index (χ3v) is 5.49. The number of hydrogen-bond acceptors (Lipinski definition) is 2. The molecule has 0 aromatic heterocycles. The van der Waals surface area contributed by atoms with E-state index < -0.39 is 0 Å². The van der Waals surface area contributed by atoms with Crippen LogP contribution >= 0.6 is 0 Å². The van der Waals surface area contributed by atoms with Gasteiger partial charge in [-0.15, -0.1) is 0 Å². The smallest absolute Gasteiger partial charge is 0.123 e. The number of benzene rings is 2. The number of likely N-dealkylation sites (N-methyl/N-ethyl adjacent to an activating group) is 1. The van der Waals surface area contributed by atoms with Gasteiger partial charge in [-0.2, -0.15) is 0 Å². The summed E-state index contributed by atoms with van der Waals surface area (Å²) in [6.07, 6.45) is 0.939. The highest BCUT2D eigenvalue weighted by atomic mass is 19.1. The molecule has 0 bridgehead atoms. The van der Waals surface area contributed by atoms with Crippen molar-refractivity contribution in [3.8, 4) is 0 Å². The van der Waals surface area contributed by atoms with E-state index in [1.807, 2.05) is 18.2 Å². The van der Waals surface area contributed by atoms with E-state index >= 15 is 0 Å². The first-order chi connectivity index (χ1) is 11.6. The Balaban J connectivity index is 1.68. The highest BCUT2D eigenvalue weighted by Gasteiger charge is 2.36. The Morgan fingerprint density at radius 2 is 1.50 bits per heavy atom. The molecule has 0 unspecified atom stereocenters. The van der Waals surface area contributed by atoms with Crippen LogP contribution in [0.3, 0.4) is 0 Å². The quantitative estimate of drug-likeness (QED) is 0.828. The summed E-state index contributed by atoms with van der Waals surface area (Å²) in [5, 5.41) is 0. The zero-order valence-electron chi connectivity index (χ0n) is 13.9. The van der Waals surface area contributed by atoms with Gasteiger partial charge in [0.05, 0.1) is 0 Å². The molecule has 2 aromatic rings. The van der Waals surface area contributed by atoms with Crippen molar-refractivity contribution in [1.82, 2.24) is 9.80 Å². The van der Waals surface area contributed by atoms with Gasteiger partial charge in [0.1, 0.15) is 11.6 Å². The molecule has 24 heavy (non-hydrogen) atoms. The predicted molar refractivity (Wildman–Crippen MR) is 91.1 cm³/mol. The molecule has 1 aliphatic carbocycles. The fourth-order valence-corrected chi connectivity index (χ4v) is 4.12. The molecule has 1 saturated heterocycles. The number of fused-ring (bicyclic) bond motifs is 1. The van der Waals surface area contributed by atoms with Gasteiger partial charge in [0.25, 0.3) is 0 Å². The predicted octanol–water partition coefficient (Wildman–Crippen LogP) is 3.79. The zero-order chi connectivity index (χ0) is 16.7. The highest BCUT2D eigenvalue weighted by Crippen LogP contribution is 2.47. The van der Waals surface area contributed by atoms with Gasteiger partial charge >= 0.3 is 0 Å². The van der Waals surface area contributed by atoms with Crippen LogP contribution in [0.1, 0.15) is 35.1 Å². The number of halogens is 2. The van der Waals surface area contributed by atoms with E-state index in [0.29, 0.717) is 6.04 Å². The van der Waals surface area contributed by atoms with Crippen LogP contribution in [0.4, 0.5) is 8.78 Å². The summed E-state index contributed by atoms with van der Waals surface area (Å²) in [6.45, 7) is 4.20. The monoisotopic (exact) mass is 328 g/mol. The van der Waals surface area contributed by atoms with Gasteiger partial charge in [0.2, 0.25) is 0 Å². The Labute approximate surface area is 141 Å². The lowest BCUT2D eigenvalue weighted by Crippen LogP contribution is -2.45. The van der Waals surface area contributed by atoms with E-state index in [4.69, 9.17) is 0 Å². The molecule has 2 nitrogen and oxygen atoms in total. The van der Waals surface area contributed by atoms with Crippen molar-refractivity contribution in [3.63, 3.8) is 0 Å². The number of nitrogens with zero attached hydrogens (tertiary/aromatic N) is 2. The zero-order valence-corrected chi connectivity index (χ0v) is 13.9. The third kappa shape index (κ3) is 2.85. The van der Waals surface area contributed by atoms with E-state index in [1.165, 1.54) is 17.7 Å². The van der Waals surface area contributed by atoms with Gasteiger partial charge in [-0.3, -0.25) is 4.90 Å². The SMILES string of the molecule is CN1CCN([C@@H]2C[C@@H](c3ccc(F)cc3)c3cc(F)ccc32)CC1. The molecule has 0 N–H and O–H groups in total. The van der Waals surface area contributed by atoms with Gasteiger partial charge < -0.3 is 4.90 Å². The van der Waals surface area contributed by atoms with Crippen molar-refractivity contribution in [3.05, 3.63) is 70.8 Å². The van der Waals surface area contributed by atoms with Gasteiger partial charge in [0, 0.05) is 38.1 Å². The maximum absolute atomic E-state index is 13.9. The molecule has 2 aromatic carbocycles. The largest absolute Gasteiger partial charge is 0.304 e. The normalized spacial score (nSPS) is 25.0. The topological polar surface area (TPSA) is 6.48 Å². The van der Waals surface area contributed by atoms with E-state index in [9.17, 15) is 8.78 Å². The van der Waals surface area contributed by atoms with Gasteiger partial charge in [-0.05, 0) is 54.4 Å². The highest BCUT2D eigenvalue weighted by molar-refractivity contribution is 5.45. The first-order valence-corrected chi connectivity index (χ1v) is 8.59. The fourth-order valence-electron chi connectivity index (χ4n) is 4.12. The number of piperazine rings is 1. The average Bonchev–Trinajstić information content (AvgIpc) is 2.95. The van der Waals surface area contributed by atoms with Crippen molar-refractivity contribution in [2.24, 2.45) is 0 Å². The summed E-state index contributed by atoms with van der Waals surface area (Å²) in [4.78, 5) is 4.86. The number of hydrogen-bond donors (Lipinski definition) is 0. The van der Waals surface area contributed by atoms with Crippen LogP contribution in [0, 0.1) is 11.6 Å². The van der Waals surface area contributed by atoms with E-state index in [0.717, 1.165) is 43.7 Å². The maximum Gasteiger partial charge on any atom is 0.123 e. The van der Waals surface area contributed by atoms with E-state index in [2.05, 4.69) is 16.8 Å². The minimum absolute atomic E-state index is 0.140. The Bertz CT molecular complexity index is 721. The Hall–Kier alpha value is -1.78. The second kappa shape index (κ2) is 6.26. The van der Waals surface area contributed by atoms with Crippen LogP contribution in [0.2, 0.25) is 0 Å². The third-order valence-electron chi connectivity index (χ3n) is 5.49. The molecule has 4 heteroatoms. The van der Waals surface area contributed by atoms with Crippen LogP contribution in [0.15, 0.2) is 42.5 Å². The average molecular weight is 328 g/mol. The van der Waals surface area contributed by atoms with Crippen LogP contribution < -0.4 is 0 Å². The van der Waals surface area contributed by atoms with E-state index in [1.54, 1.807) is 12.1 Å². The van der Waals surface area contributed by atoms with Crippen LogP contribution in [0.25, 0.3) is 0 Å². The van der Waals surface area contributed by atoms with Crippen LogP contribution in [0.5, 0.6) is 0 Å². The van der Waals surface area contributed by atoms with E-state index in [-0.39, 0.29) is 17.6 Å². The minimum Gasteiger partial charge on any atom is -0.304 e. The molecule has 4 rings (SSSR count). The summed E-state index contributed by atoms with van der Waals surface area (Å²) in [7, 11) is 2.15. The lowest BCUT2D eigenvalue weighted by molar-refractivity contribution is 0.110.